The minimum Gasteiger partial charge on any atom is -0.310 e. The van der Waals surface area contributed by atoms with E-state index in [2.05, 4.69) is 29.9 Å². The summed E-state index contributed by atoms with van der Waals surface area (Å²) in [4.78, 5) is 13.9. The number of hydrogen-bond donors (Lipinski definition) is 3. The lowest BCUT2D eigenvalue weighted by molar-refractivity contribution is 0.0753. The Bertz CT molecular complexity index is 61.7. The molecule has 0 aliphatic rings. The van der Waals surface area contributed by atoms with Crippen LogP contribution in [-0.2, 0) is 14.5 Å². The number of rotatable bonds is 6. The summed E-state index contributed by atoms with van der Waals surface area (Å²) in [6.07, 6.45) is 0. The average Bonchev–Trinajstić information content (AvgIpc) is 1.90. The van der Waals surface area contributed by atoms with Gasteiger partial charge in [-0.05, 0) is 0 Å². The van der Waals surface area contributed by atoms with Crippen molar-refractivity contribution in [2.75, 3.05) is 21.3 Å². The Morgan fingerprint density at radius 1 is 0.800 bits per heavy atom. The molecule has 0 aliphatic heterocycles. The van der Waals surface area contributed by atoms with Crippen molar-refractivity contribution in [1.29, 1.82) is 0 Å². The van der Waals surface area contributed by atoms with E-state index in [1.54, 1.807) is 0 Å². The van der Waals surface area contributed by atoms with Gasteiger partial charge in [0.25, 0.3) is 0 Å². The minimum atomic E-state index is -1.65. The standard InChI is InChI=1S/C3H13N3O3Si/c1-7-4-10(5-8-2)6-9-3/h4-6,10H,1-3H3. The molecule has 0 aromatic carbocycles. The van der Waals surface area contributed by atoms with Gasteiger partial charge in [-0.1, -0.05) is 0 Å². The highest BCUT2D eigenvalue weighted by atomic mass is 28.3. The van der Waals surface area contributed by atoms with Gasteiger partial charge in [0.05, 0.1) is 21.3 Å². The normalized spacial score (nSPS) is 10.8. The molecule has 6 nitrogen and oxygen atoms in total. The quantitative estimate of drug-likeness (QED) is 0.319. The Morgan fingerprint density at radius 2 is 1.10 bits per heavy atom. The molecule has 0 aromatic heterocycles. The van der Waals surface area contributed by atoms with Crippen molar-refractivity contribution >= 4 is 9.28 Å². The number of hydrogen-bond acceptors (Lipinski definition) is 6. The van der Waals surface area contributed by atoms with E-state index in [1.165, 1.54) is 21.3 Å². The molecule has 0 unspecified atom stereocenters. The molecule has 0 heterocycles. The minimum absolute atomic E-state index is 1.52. The van der Waals surface area contributed by atoms with E-state index in [0.717, 1.165) is 0 Å². The Kier molecular flexibility index (Phi) is 7.07. The molecule has 0 fully saturated rings. The van der Waals surface area contributed by atoms with Crippen molar-refractivity contribution in [2.45, 2.75) is 0 Å². The third kappa shape index (κ3) is 4.82. The van der Waals surface area contributed by atoms with Crippen LogP contribution < -0.4 is 15.4 Å². The highest BCUT2D eigenvalue weighted by Gasteiger charge is 2.07. The summed E-state index contributed by atoms with van der Waals surface area (Å²) in [5, 5.41) is 7.95. The Morgan fingerprint density at radius 3 is 1.30 bits per heavy atom. The molecule has 0 amide bonds. The van der Waals surface area contributed by atoms with Crippen LogP contribution in [0.1, 0.15) is 0 Å². The summed E-state index contributed by atoms with van der Waals surface area (Å²) in [7, 11) is 2.92. The maximum absolute atomic E-state index is 4.64. The predicted molar refractivity (Wildman–Crippen MR) is 37.6 cm³/mol. The zero-order valence-electron chi connectivity index (χ0n) is 6.30. The van der Waals surface area contributed by atoms with E-state index in [-0.39, 0.29) is 0 Å². The second-order valence-corrected chi connectivity index (χ2v) is 2.97. The van der Waals surface area contributed by atoms with Gasteiger partial charge in [0.1, 0.15) is 0 Å². The SMILES string of the molecule is CON[SiH](NOC)NOC. The first kappa shape index (κ1) is 9.98. The second-order valence-electron chi connectivity index (χ2n) is 1.40. The van der Waals surface area contributed by atoms with Crippen molar-refractivity contribution in [1.82, 2.24) is 15.4 Å². The van der Waals surface area contributed by atoms with Gasteiger partial charge in [-0.2, -0.15) is 15.4 Å². The molecule has 3 N–H and O–H groups in total. The first-order valence-electron chi connectivity index (χ1n) is 2.70. The topological polar surface area (TPSA) is 63.8 Å². The van der Waals surface area contributed by atoms with E-state index >= 15 is 0 Å². The Balaban J connectivity index is 3.30. The van der Waals surface area contributed by atoms with Gasteiger partial charge in [-0.25, -0.2) is 0 Å². The van der Waals surface area contributed by atoms with Crippen LogP contribution in [0, 0.1) is 0 Å². The molecular weight excluding hydrogens is 154 g/mol. The van der Waals surface area contributed by atoms with Gasteiger partial charge in [-0.3, -0.25) is 0 Å². The van der Waals surface area contributed by atoms with Crippen LogP contribution in [0.25, 0.3) is 0 Å². The number of nitrogens with one attached hydrogen (secondary N) is 3. The molecule has 0 rings (SSSR count). The maximum atomic E-state index is 4.64. The van der Waals surface area contributed by atoms with Crippen molar-refractivity contribution in [3.05, 3.63) is 0 Å². The van der Waals surface area contributed by atoms with Crippen LogP contribution in [0.2, 0.25) is 0 Å². The first-order valence-corrected chi connectivity index (χ1v) is 4.44. The van der Waals surface area contributed by atoms with Crippen molar-refractivity contribution in [3.63, 3.8) is 0 Å². The van der Waals surface area contributed by atoms with Crippen LogP contribution in [0.4, 0.5) is 0 Å². The monoisotopic (exact) mass is 167 g/mol. The van der Waals surface area contributed by atoms with Gasteiger partial charge in [0.2, 0.25) is 0 Å². The zero-order valence-corrected chi connectivity index (χ0v) is 7.46. The predicted octanol–water partition coefficient (Wildman–Crippen LogP) is -1.84. The van der Waals surface area contributed by atoms with Gasteiger partial charge >= 0.3 is 9.28 Å². The van der Waals surface area contributed by atoms with E-state index in [0.29, 0.717) is 0 Å². The van der Waals surface area contributed by atoms with E-state index in [1.807, 2.05) is 0 Å². The van der Waals surface area contributed by atoms with Crippen LogP contribution in [0.5, 0.6) is 0 Å². The molecule has 0 radical (unpaired) electrons. The third-order valence-electron chi connectivity index (χ3n) is 0.707. The summed E-state index contributed by atoms with van der Waals surface area (Å²) >= 11 is 0. The average molecular weight is 167 g/mol. The molecule has 0 bridgehead atoms. The molecule has 0 spiro atoms. The zero-order chi connectivity index (χ0) is 7.82. The summed E-state index contributed by atoms with van der Waals surface area (Å²) in [5.74, 6) is 0. The molecule has 0 aliphatic carbocycles. The van der Waals surface area contributed by atoms with Gasteiger partial charge in [0, 0.05) is 0 Å². The molecule has 10 heavy (non-hydrogen) atoms. The molecule has 0 saturated carbocycles. The van der Waals surface area contributed by atoms with Crippen molar-refractivity contribution in [2.24, 2.45) is 0 Å². The van der Waals surface area contributed by atoms with Gasteiger partial charge in [-0.15, -0.1) is 0 Å². The van der Waals surface area contributed by atoms with Crippen LogP contribution >= 0.6 is 0 Å². The molecule has 0 atom stereocenters. The van der Waals surface area contributed by atoms with Crippen LogP contribution in [0.15, 0.2) is 0 Å². The smallest absolute Gasteiger partial charge is 0.310 e. The lowest BCUT2D eigenvalue weighted by Crippen LogP contribution is -2.56. The summed E-state index contributed by atoms with van der Waals surface area (Å²) in [5.41, 5.74) is 0. The summed E-state index contributed by atoms with van der Waals surface area (Å²) in [6, 6.07) is 0. The Labute approximate surface area is 61.5 Å². The van der Waals surface area contributed by atoms with E-state index in [4.69, 9.17) is 0 Å². The lowest BCUT2D eigenvalue weighted by Gasteiger charge is -2.14. The van der Waals surface area contributed by atoms with Crippen LogP contribution in [0.3, 0.4) is 0 Å². The van der Waals surface area contributed by atoms with Crippen molar-refractivity contribution < 1.29 is 14.5 Å². The highest BCUT2D eigenvalue weighted by Crippen LogP contribution is 1.64. The molecule has 0 aromatic rings. The van der Waals surface area contributed by atoms with Crippen LogP contribution in [-0.4, -0.2) is 30.6 Å². The van der Waals surface area contributed by atoms with Crippen molar-refractivity contribution in [3.8, 4) is 0 Å². The van der Waals surface area contributed by atoms with Gasteiger partial charge in [0.15, 0.2) is 0 Å². The fourth-order valence-corrected chi connectivity index (χ4v) is 1.28. The first-order chi connectivity index (χ1) is 4.85. The lowest BCUT2D eigenvalue weighted by atomic mass is 11.7. The second kappa shape index (κ2) is 7.09. The third-order valence-corrected chi connectivity index (χ3v) is 2.12. The summed E-state index contributed by atoms with van der Waals surface area (Å²) in [6.45, 7) is 0. The molecular formula is C3H13N3O3Si. The molecule has 0 saturated heterocycles. The fourth-order valence-electron chi connectivity index (χ4n) is 0.426. The van der Waals surface area contributed by atoms with E-state index in [9.17, 15) is 0 Å². The molecule has 7 heteroatoms. The summed E-state index contributed by atoms with van der Waals surface area (Å²) < 4.78 is 0. The fraction of sp³-hybridized carbons (Fsp3) is 1.00. The molecule has 62 valence electrons. The largest absolute Gasteiger partial charge is 0.335 e. The van der Waals surface area contributed by atoms with Gasteiger partial charge < -0.3 is 14.5 Å². The maximum Gasteiger partial charge on any atom is 0.335 e. The Hall–Kier alpha value is -0.0231. The highest BCUT2D eigenvalue weighted by molar-refractivity contribution is 6.48. The van der Waals surface area contributed by atoms with E-state index < -0.39 is 9.28 Å².